The van der Waals surface area contributed by atoms with Crippen molar-refractivity contribution in [2.45, 2.75) is 19.4 Å². The summed E-state index contributed by atoms with van der Waals surface area (Å²) in [6.07, 6.45) is 1.27. The minimum atomic E-state index is -1.10. The maximum Gasteiger partial charge on any atom is 0.335 e. The molecule has 1 heterocycles. The second kappa shape index (κ2) is 5.11. The van der Waals surface area contributed by atoms with Gasteiger partial charge in [-0.2, -0.15) is 0 Å². The summed E-state index contributed by atoms with van der Waals surface area (Å²) in [5, 5.41) is 11.0. The molecule has 6 heteroatoms. The molecule has 0 bridgehead atoms. The van der Waals surface area contributed by atoms with E-state index in [-0.39, 0.29) is 12.0 Å². The zero-order valence-corrected chi connectivity index (χ0v) is 8.60. The van der Waals surface area contributed by atoms with Gasteiger partial charge in [-0.05, 0) is 12.5 Å². The van der Waals surface area contributed by atoms with Crippen molar-refractivity contribution in [2.24, 2.45) is 0 Å². The van der Waals surface area contributed by atoms with Gasteiger partial charge in [-0.25, -0.2) is 9.59 Å². The average Bonchev–Trinajstić information content (AvgIpc) is 2.26. The van der Waals surface area contributed by atoms with Crippen LogP contribution in [0.2, 0.25) is 0 Å². The minimum Gasteiger partial charge on any atom is -0.480 e. The third kappa shape index (κ3) is 2.94. The summed E-state index contributed by atoms with van der Waals surface area (Å²) in [6, 6.07) is 1.42. The summed E-state index contributed by atoms with van der Waals surface area (Å²) in [4.78, 5) is 32.8. The summed E-state index contributed by atoms with van der Waals surface area (Å²) < 4.78 is 4.49. The van der Waals surface area contributed by atoms with Crippen molar-refractivity contribution in [3.8, 4) is 0 Å². The van der Waals surface area contributed by atoms with Gasteiger partial charge >= 0.3 is 11.6 Å². The molecule has 0 saturated carbocycles. The molecule has 0 aromatic carbocycles. The van der Waals surface area contributed by atoms with Crippen molar-refractivity contribution < 1.29 is 19.1 Å². The predicted molar refractivity (Wildman–Crippen MR) is 54.2 cm³/mol. The molecular weight excluding hydrogens is 214 g/mol. The van der Waals surface area contributed by atoms with Crippen LogP contribution in [0.1, 0.15) is 23.7 Å². The van der Waals surface area contributed by atoms with Crippen LogP contribution in [-0.4, -0.2) is 23.0 Å². The van der Waals surface area contributed by atoms with Gasteiger partial charge in [0.1, 0.15) is 12.3 Å². The van der Waals surface area contributed by atoms with Gasteiger partial charge in [-0.1, -0.05) is 6.92 Å². The van der Waals surface area contributed by atoms with Crippen LogP contribution in [-0.2, 0) is 4.79 Å². The Labute approximate surface area is 90.9 Å². The maximum absolute atomic E-state index is 11.5. The molecule has 0 radical (unpaired) electrons. The lowest BCUT2D eigenvalue weighted by Gasteiger charge is -2.11. The number of carbonyl (C=O) groups is 2. The normalized spacial score (nSPS) is 11.8. The van der Waals surface area contributed by atoms with E-state index in [0.29, 0.717) is 0 Å². The van der Waals surface area contributed by atoms with Gasteiger partial charge < -0.3 is 14.8 Å². The van der Waals surface area contributed by atoms with Crippen molar-refractivity contribution in [1.29, 1.82) is 0 Å². The predicted octanol–water partition coefficient (Wildman–Crippen LogP) is 0.233. The fourth-order valence-corrected chi connectivity index (χ4v) is 1.07. The van der Waals surface area contributed by atoms with Crippen LogP contribution in [0.3, 0.4) is 0 Å². The van der Waals surface area contributed by atoms with E-state index in [0.717, 1.165) is 12.3 Å². The number of nitrogens with one attached hydrogen (secondary N) is 1. The Morgan fingerprint density at radius 1 is 1.50 bits per heavy atom. The van der Waals surface area contributed by atoms with Gasteiger partial charge in [0.25, 0.3) is 5.91 Å². The Morgan fingerprint density at radius 3 is 2.62 bits per heavy atom. The molecule has 16 heavy (non-hydrogen) atoms. The van der Waals surface area contributed by atoms with Crippen molar-refractivity contribution in [2.75, 3.05) is 0 Å². The molecule has 1 rings (SSSR count). The van der Waals surface area contributed by atoms with Crippen LogP contribution in [0, 0.1) is 0 Å². The zero-order valence-electron chi connectivity index (χ0n) is 8.60. The summed E-state index contributed by atoms with van der Waals surface area (Å²) >= 11 is 0. The molecule has 2 N–H and O–H groups in total. The lowest BCUT2D eigenvalue weighted by Crippen LogP contribution is -2.40. The number of carboxylic acid groups (broad SMARTS) is 1. The number of carboxylic acids is 1. The Kier molecular flexibility index (Phi) is 3.82. The molecular formula is C10H11NO5. The largest absolute Gasteiger partial charge is 0.480 e. The first kappa shape index (κ1) is 12.0. The molecule has 0 aliphatic heterocycles. The monoisotopic (exact) mass is 225 g/mol. The number of amides is 1. The van der Waals surface area contributed by atoms with Crippen molar-refractivity contribution in [3.63, 3.8) is 0 Å². The van der Waals surface area contributed by atoms with Crippen molar-refractivity contribution in [1.82, 2.24) is 5.32 Å². The Morgan fingerprint density at radius 2 is 2.19 bits per heavy atom. The summed E-state index contributed by atoms with van der Waals surface area (Å²) in [5.74, 6) is -1.69. The smallest absolute Gasteiger partial charge is 0.335 e. The van der Waals surface area contributed by atoms with E-state index < -0.39 is 23.5 Å². The first-order valence-electron chi connectivity index (χ1n) is 4.67. The van der Waals surface area contributed by atoms with Crippen molar-refractivity contribution in [3.05, 3.63) is 34.4 Å². The highest BCUT2D eigenvalue weighted by Crippen LogP contribution is 1.98. The number of rotatable bonds is 4. The van der Waals surface area contributed by atoms with E-state index in [4.69, 9.17) is 5.11 Å². The Hall–Kier alpha value is -2.11. The number of carbonyl (C=O) groups excluding carboxylic acids is 1. The van der Waals surface area contributed by atoms with E-state index in [2.05, 4.69) is 9.73 Å². The van der Waals surface area contributed by atoms with E-state index in [1.54, 1.807) is 6.92 Å². The van der Waals surface area contributed by atoms with Gasteiger partial charge in [0.15, 0.2) is 0 Å². The highest BCUT2D eigenvalue weighted by Gasteiger charge is 2.18. The number of aliphatic carboxylic acids is 1. The van der Waals surface area contributed by atoms with Crippen LogP contribution < -0.4 is 10.9 Å². The van der Waals surface area contributed by atoms with Crippen LogP contribution in [0.5, 0.6) is 0 Å². The van der Waals surface area contributed by atoms with E-state index in [1.807, 2.05) is 0 Å². The topological polar surface area (TPSA) is 96.6 Å². The molecule has 0 aliphatic carbocycles. The summed E-state index contributed by atoms with van der Waals surface area (Å²) in [5.41, 5.74) is -0.457. The summed E-state index contributed by atoms with van der Waals surface area (Å²) in [6.45, 7) is 1.64. The quantitative estimate of drug-likeness (QED) is 0.764. The third-order valence-electron chi connectivity index (χ3n) is 1.97. The molecule has 1 aromatic rings. The molecule has 0 fully saturated rings. The molecule has 1 aromatic heterocycles. The molecule has 0 spiro atoms. The van der Waals surface area contributed by atoms with Gasteiger partial charge in [0, 0.05) is 6.07 Å². The van der Waals surface area contributed by atoms with Gasteiger partial charge in [0.2, 0.25) is 0 Å². The fourth-order valence-electron chi connectivity index (χ4n) is 1.07. The third-order valence-corrected chi connectivity index (χ3v) is 1.97. The molecule has 1 atom stereocenters. The average molecular weight is 225 g/mol. The zero-order chi connectivity index (χ0) is 12.1. The molecule has 0 saturated heterocycles. The minimum absolute atomic E-state index is 0.110. The SMILES string of the molecule is CC[C@H](NC(=O)c1ccc(=O)oc1)C(=O)O. The molecule has 0 unspecified atom stereocenters. The lowest BCUT2D eigenvalue weighted by molar-refractivity contribution is -0.139. The lowest BCUT2D eigenvalue weighted by atomic mass is 10.2. The molecule has 86 valence electrons. The molecule has 6 nitrogen and oxygen atoms in total. The molecule has 1 amide bonds. The Balaban J connectivity index is 2.75. The van der Waals surface area contributed by atoms with Crippen molar-refractivity contribution >= 4 is 11.9 Å². The van der Waals surface area contributed by atoms with E-state index in [9.17, 15) is 14.4 Å². The Bertz CT molecular complexity index is 430. The van der Waals surface area contributed by atoms with Gasteiger partial charge in [-0.15, -0.1) is 0 Å². The highest BCUT2D eigenvalue weighted by atomic mass is 16.4. The standard InChI is InChI=1S/C10H11NO5/c1-2-7(10(14)15)11-9(13)6-3-4-8(12)16-5-6/h3-5,7H,2H2,1H3,(H,11,13)(H,14,15)/t7-/m0/s1. The number of hydrogen-bond acceptors (Lipinski definition) is 4. The van der Waals surface area contributed by atoms with Crippen LogP contribution >= 0.6 is 0 Å². The highest BCUT2D eigenvalue weighted by molar-refractivity contribution is 5.96. The van der Waals surface area contributed by atoms with Crippen LogP contribution in [0.15, 0.2) is 27.6 Å². The second-order valence-corrected chi connectivity index (χ2v) is 3.12. The molecule has 0 aliphatic rings. The van der Waals surface area contributed by atoms with E-state index in [1.165, 1.54) is 6.07 Å². The first-order chi connectivity index (χ1) is 7.54. The van der Waals surface area contributed by atoms with Gasteiger partial charge in [-0.3, -0.25) is 4.79 Å². The van der Waals surface area contributed by atoms with E-state index >= 15 is 0 Å². The van der Waals surface area contributed by atoms with Gasteiger partial charge in [0.05, 0.1) is 5.56 Å². The second-order valence-electron chi connectivity index (χ2n) is 3.12. The van der Waals surface area contributed by atoms with Crippen LogP contribution in [0.4, 0.5) is 0 Å². The summed E-state index contributed by atoms with van der Waals surface area (Å²) in [7, 11) is 0. The fraction of sp³-hybridized carbons (Fsp3) is 0.300. The number of hydrogen-bond donors (Lipinski definition) is 2. The van der Waals surface area contributed by atoms with Crippen LogP contribution in [0.25, 0.3) is 0 Å². The maximum atomic E-state index is 11.5. The first-order valence-corrected chi connectivity index (χ1v) is 4.67.